The van der Waals surface area contributed by atoms with E-state index in [9.17, 15) is 4.79 Å². The summed E-state index contributed by atoms with van der Waals surface area (Å²) in [7, 11) is 0. The number of nitrogens with zero attached hydrogens (tertiary/aromatic N) is 3. The first-order valence-corrected chi connectivity index (χ1v) is 6.69. The average molecular weight is 273 g/mol. The minimum absolute atomic E-state index is 0.0437. The summed E-state index contributed by atoms with van der Waals surface area (Å²) in [5.41, 5.74) is 2.23. The van der Waals surface area contributed by atoms with Crippen LogP contribution in [0.2, 0.25) is 0 Å². The molecule has 0 radical (unpaired) electrons. The van der Waals surface area contributed by atoms with Gasteiger partial charge in [-0.3, -0.25) is 4.79 Å². The second-order valence-corrected chi connectivity index (χ2v) is 4.53. The zero-order valence-corrected chi connectivity index (χ0v) is 11.8. The predicted octanol–water partition coefficient (Wildman–Crippen LogP) is 1.64. The number of benzene rings is 1. The lowest BCUT2D eigenvalue weighted by Crippen LogP contribution is -2.33. The van der Waals surface area contributed by atoms with Gasteiger partial charge in [-0.05, 0) is 32.0 Å². The summed E-state index contributed by atoms with van der Waals surface area (Å²) < 4.78 is 1.75. The summed E-state index contributed by atoms with van der Waals surface area (Å²) in [6.07, 6.45) is 0. The van der Waals surface area contributed by atoms with Crippen LogP contribution in [0, 0.1) is 6.92 Å². The maximum Gasteiger partial charge on any atom is 0.274 e. The predicted molar refractivity (Wildman–Crippen MR) is 77.0 cm³/mol. The summed E-state index contributed by atoms with van der Waals surface area (Å²) in [6, 6.07) is 11.5. The fourth-order valence-corrected chi connectivity index (χ4v) is 2.10. The van der Waals surface area contributed by atoms with Crippen LogP contribution < -0.4 is 0 Å². The second kappa shape index (κ2) is 6.34. The average Bonchev–Trinajstić information content (AvgIpc) is 2.87. The van der Waals surface area contributed by atoms with Gasteiger partial charge >= 0.3 is 0 Å². The number of aliphatic hydroxyl groups excluding tert-OH is 1. The van der Waals surface area contributed by atoms with Crippen LogP contribution in [-0.4, -0.2) is 45.4 Å². The quantitative estimate of drug-likeness (QED) is 0.901. The van der Waals surface area contributed by atoms with E-state index in [0.29, 0.717) is 18.8 Å². The summed E-state index contributed by atoms with van der Waals surface area (Å²) in [6.45, 7) is 4.63. The van der Waals surface area contributed by atoms with Crippen molar-refractivity contribution in [1.82, 2.24) is 14.7 Å². The van der Waals surface area contributed by atoms with Gasteiger partial charge in [0.1, 0.15) is 0 Å². The molecule has 1 aromatic carbocycles. The van der Waals surface area contributed by atoms with Crippen molar-refractivity contribution >= 4 is 5.91 Å². The number of para-hydroxylation sites is 1. The molecule has 1 aromatic heterocycles. The molecule has 0 bridgehead atoms. The molecule has 106 valence electrons. The Labute approximate surface area is 118 Å². The maximum absolute atomic E-state index is 12.3. The van der Waals surface area contributed by atoms with Crippen molar-refractivity contribution in [2.75, 3.05) is 19.7 Å². The van der Waals surface area contributed by atoms with Crippen molar-refractivity contribution in [3.05, 3.63) is 47.8 Å². The molecule has 0 saturated carbocycles. The highest BCUT2D eigenvalue weighted by molar-refractivity contribution is 5.92. The van der Waals surface area contributed by atoms with Crippen LogP contribution in [0.3, 0.4) is 0 Å². The van der Waals surface area contributed by atoms with Crippen LogP contribution in [0.25, 0.3) is 5.69 Å². The number of hydrogen-bond acceptors (Lipinski definition) is 3. The molecule has 0 unspecified atom stereocenters. The first-order valence-electron chi connectivity index (χ1n) is 6.69. The molecule has 5 heteroatoms. The number of rotatable bonds is 5. The summed E-state index contributed by atoms with van der Waals surface area (Å²) in [4.78, 5) is 13.9. The van der Waals surface area contributed by atoms with Gasteiger partial charge in [0, 0.05) is 18.8 Å². The molecular weight excluding hydrogens is 254 g/mol. The van der Waals surface area contributed by atoms with Crippen LogP contribution in [0.15, 0.2) is 36.4 Å². The highest BCUT2D eigenvalue weighted by atomic mass is 16.3. The van der Waals surface area contributed by atoms with Gasteiger partial charge in [-0.25, -0.2) is 4.68 Å². The minimum atomic E-state index is -0.153. The molecule has 0 aliphatic rings. The Balaban J connectivity index is 2.29. The van der Waals surface area contributed by atoms with E-state index in [-0.39, 0.29) is 12.5 Å². The Morgan fingerprint density at radius 3 is 2.65 bits per heavy atom. The SMILES string of the molecule is CCN(CCO)C(=O)c1cc(C)n(-c2ccccc2)n1. The molecule has 0 saturated heterocycles. The number of aromatic nitrogens is 2. The van der Waals surface area contributed by atoms with Gasteiger partial charge in [0.15, 0.2) is 5.69 Å². The number of carbonyl (C=O) groups excluding carboxylic acids is 1. The van der Waals surface area contributed by atoms with Crippen molar-refractivity contribution < 1.29 is 9.90 Å². The van der Waals surface area contributed by atoms with Gasteiger partial charge in [-0.15, -0.1) is 0 Å². The van der Waals surface area contributed by atoms with E-state index in [0.717, 1.165) is 11.4 Å². The molecule has 1 N–H and O–H groups in total. The zero-order valence-electron chi connectivity index (χ0n) is 11.8. The van der Waals surface area contributed by atoms with E-state index in [4.69, 9.17) is 5.11 Å². The third-order valence-corrected chi connectivity index (χ3v) is 3.15. The highest BCUT2D eigenvalue weighted by Crippen LogP contribution is 2.13. The summed E-state index contributed by atoms with van der Waals surface area (Å²) in [5, 5.41) is 13.4. The Morgan fingerprint density at radius 2 is 2.05 bits per heavy atom. The fourth-order valence-electron chi connectivity index (χ4n) is 2.10. The Bertz CT molecular complexity index is 578. The minimum Gasteiger partial charge on any atom is -0.395 e. The third-order valence-electron chi connectivity index (χ3n) is 3.15. The maximum atomic E-state index is 12.3. The molecule has 5 nitrogen and oxygen atoms in total. The lowest BCUT2D eigenvalue weighted by atomic mass is 10.3. The number of carbonyl (C=O) groups is 1. The molecule has 2 rings (SSSR count). The Morgan fingerprint density at radius 1 is 1.35 bits per heavy atom. The molecular formula is C15H19N3O2. The number of aliphatic hydroxyl groups is 1. The fraction of sp³-hybridized carbons (Fsp3) is 0.333. The van der Waals surface area contributed by atoms with Gasteiger partial charge in [-0.1, -0.05) is 18.2 Å². The van der Waals surface area contributed by atoms with Crippen molar-refractivity contribution in [2.24, 2.45) is 0 Å². The van der Waals surface area contributed by atoms with Crippen LogP contribution in [0.5, 0.6) is 0 Å². The second-order valence-electron chi connectivity index (χ2n) is 4.53. The molecule has 0 fully saturated rings. The van der Waals surface area contributed by atoms with Crippen LogP contribution in [-0.2, 0) is 0 Å². The lowest BCUT2D eigenvalue weighted by molar-refractivity contribution is 0.0725. The molecule has 0 aliphatic heterocycles. The molecule has 1 amide bonds. The zero-order chi connectivity index (χ0) is 14.5. The molecule has 0 aliphatic carbocycles. The summed E-state index contributed by atoms with van der Waals surface area (Å²) >= 11 is 0. The monoisotopic (exact) mass is 273 g/mol. The lowest BCUT2D eigenvalue weighted by Gasteiger charge is -2.17. The Hall–Kier alpha value is -2.14. The first kappa shape index (κ1) is 14.3. The van der Waals surface area contributed by atoms with Gasteiger partial charge in [0.25, 0.3) is 5.91 Å². The third kappa shape index (κ3) is 2.88. The van der Waals surface area contributed by atoms with Crippen molar-refractivity contribution in [2.45, 2.75) is 13.8 Å². The molecule has 0 spiro atoms. The Kier molecular flexibility index (Phi) is 4.53. The normalized spacial score (nSPS) is 10.6. The number of amides is 1. The van der Waals surface area contributed by atoms with E-state index < -0.39 is 0 Å². The van der Waals surface area contributed by atoms with Gasteiger partial charge in [-0.2, -0.15) is 5.10 Å². The van der Waals surface area contributed by atoms with Crippen LogP contribution >= 0.6 is 0 Å². The molecule has 2 aromatic rings. The van der Waals surface area contributed by atoms with Crippen molar-refractivity contribution in [1.29, 1.82) is 0 Å². The topological polar surface area (TPSA) is 58.4 Å². The van der Waals surface area contributed by atoms with Crippen molar-refractivity contribution in [3.8, 4) is 5.69 Å². The largest absolute Gasteiger partial charge is 0.395 e. The molecule has 20 heavy (non-hydrogen) atoms. The smallest absolute Gasteiger partial charge is 0.274 e. The van der Waals surface area contributed by atoms with E-state index in [1.807, 2.05) is 44.2 Å². The van der Waals surface area contributed by atoms with Gasteiger partial charge in [0.2, 0.25) is 0 Å². The van der Waals surface area contributed by atoms with Gasteiger partial charge in [0.05, 0.1) is 12.3 Å². The van der Waals surface area contributed by atoms with Crippen LogP contribution in [0.1, 0.15) is 23.1 Å². The van der Waals surface area contributed by atoms with Gasteiger partial charge < -0.3 is 10.0 Å². The van der Waals surface area contributed by atoms with E-state index in [2.05, 4.69) is 5.10 Å². The molecule has 0 atom stereocenters. The van der Waals surface area contributed by atoms with Crippen LogP contribution in [0.4, 0.5) is 0 Å². The van der Waals surface area contributed by atoms with E-state index in [1.54, 1.807) is 15.6 Å². The summed E-state index contributed by atoms with van der Waals surface area (Å²) in [5.74, 6) is -0.153. The van der Waals surface area contributed by atoms with Crippen molar-refractivity contribution in [3.63, 3.8) is 0 Å². The van der Waals surface area contributed by atoms with E-state index in [1.165, 1.54) is 0 Å². The number of hydrogen-bond donors (Lipinski definition) is 1. The van der Waals surface area contributed by atoms with E-state index >= 15 is 0 Å². The number of likely N-dealkylation sites (N-methyl/N-ethyl adjacent to an activating group) is 1. The standard InChI is InChI=1S/C15H19N3O2/c1-3-17(9-10-19)15(20)14-11-12(2)18(16-14)13-7-5-4-6-8-13/h4-8,11,19H,3,9-10H2,1-2H3. The highest BCUT2D eigenvalue weighted by Gasteiger charge is 2.18. The number of aryl methyl sites for hydroxylation is 1. The first-order chi connectivity index (χ1) is 9.67. The molecule has 1 heterocycles.